The number of aliphatic hydroxyl groups is 2. The van der Waals surface area contributed by atoms with Gasteiger partial charge in [-0.15, -0.1) is 0 Å². The van der Waals surface area contributed by atoms with E-state index in [0.717, 1.165) is 18.5 Å². The molecule has 0 amide bonds. The largest absolute Gasteiger partial charge is 0.497 e. The van der Waals surface area contributed by atoms with Crippen LogP contribution in [0.2, 0.25) is 0 Å². The van der Waals surface area contributed by atoms with Crippen LogP contribution in [0.1, 0.15) is 24.8 Å². The van der Waals surface area contributed by atoms with Gasteiger partial charge in [0.1, 0.15) is 23.4 Å². The minimum Gasteiger partial charge on any atom is -0.497 e. The summed E-state index contributed by atoms with van der Waals surface area (Å²) >= 11 is 0. The van der Waals surface area contributed by atoms with Gasteiger partial charge in [-0.05, 0) is 49.6 Å². The molecule has 0 saturated heterocycles. The average Bonchev–Trinajstić information content (AvgIpc) is 2.76. The fourth-order valence-corrected chi connectivity index (χ4v) is 3.41. The van der Waals surface area contributed by atoms with Crippen molar-refractivity contribution >= 4 is 5.69 Å². The Labute approximate surface area is 176 Å². The molecule has 2 aromatic carbocycles. The van der Waals surface area contributed by atoms with Crippen LogP contribution in [0.4, 0.5) is 10.1 Å². The zero-order chi connectivity index (χ0) is 21.3. The minimum atomic E-state index is -0.963. The van der Waals surface area contributed by atoms with E-state index >= 15 is 0 Å². The van der Waals surface area contributed by atoms with Crippen molar-refractivity contribution in [3.63, 3.8) is 0 Å². The molecule has 0 spiro atoms. The van der Waals surface area contributed by atoms with E-state index in [1.54, 1.807) is 19.2 Å². The third kappa shape index (κ3) is 6.08. The van der Waals surface area contributed by atoms with Crippen LogP contribution >= 0.6 is 0 Å². The summed E-state index contributed by atoms with van der Waals surface area (Å²) in [6.07, 6.45) is -0.0143. The van der Waals surface area contributed by atoms with E-state index in [2.05, 4.69) is 0 Å². The van der Waals surface area contributed by atoms with E-state index in [0.29, 0.717) is 43.2 Å². The highest BCUT2D eigenvalue weighted by Gasteiger charge is 2.21. The first-order valence-corrected chi connectivity index (χ1v) is 10.3. The Morgan fingerprint density at radius 1 is 1.10 bits per heavy atom. The smallest absolute Gasteiger partial charge is 0.142 e. The third-order valence-corrected chi connectivity index (χ3v) is 5.19. The summed E-state index contributed by atoms with van der Waals surface area (Å²) in [5.41, 5.74) is 1.29. The van der Waals surface area contributed by atoms with Crippen LogP contribution < -0.4 is 14.4 Å². The number of aliphatic hydroxyl groups excluding tert-OH is 2. The van der Waals surface area contributed by atoms with E-state index in [-0.39, 0.29) is 19.0 Å². The molecule has 3 rings (SSSR count). The van der Waals surface area contributed by atoms with Gasteiger partial charge in [0, 0.05) is 25.3 Å². The number of methoxy groups -OCH3 is 1. The number of hydrogen-bond acceptors (Lipinski definition) is 6. The maximum atomic E-state index is 14.5. The lowest BCUT2D eigenvalue weighted by Gasteiger charge is -2.29. The summed E-state index contributed by atoms with van der Waals surface area (Å²) in [7, 11) is 1.54. The van der Waals surface area contributed by atoms with Gasteiger partial charge in [-0.2, -0.15) is 0 Å². The monoisotopic (exact) mass is 419 g/mol. The van der Waals surface area contributed by atoms with Gasteiger partial charge in [-0.1, -0.05) is 12.1 Å². The van der Waals surface area contributed by atoms with Gasteiger partial charge in [-0.25, -0.2) is 4.39 Å². The van der Waals surface area contributed by atoms with Crippen molar-refractivity contribution in [2.24, 2.45) is 0 Å². The number of nitrogens with zero attached hydrogens (tertiary/aromatic N) is 1. The van der Waals surface area contributed by atoms with Gasteiger partial charge < -0.3 is 29.3 Å². The zero-order valence-corrected chi connectivity index (χ0v) is 17.3. The quantitative estimate of drug-likeness (QED) is 0.797. The minimum absolute atomic E-state index is 0.0864. The molecule has 2 N–H and O–H groups in total. The van der Waals surface area contributed by atoms with Crippen molar-refractivity contribution in [3.05, 3.63) is 53.8 Å². The Balaban J connectivity index is 1.89. The molecule has 1 aliphatic heterocycles. The van der Waals surface area contributed by atoms with Crippen molar-refractivity contribution in [3.8, 4) is 11.5 Å². The summed E-state index contributed by atoms with van der Waals surface area (Å²) in [5.74, 6) is 0.946. The highest BCUT2D eigenvalue weighted by atomic mass is 19.1. The fourth-order valence-electron chi connectivity index (χ4n) is 3.41. The van der Waals surface area contributed by atoms with Crippen molar-refractivity contribution in [1.82, 2.24) is 0 Å². The molecule has 1 aliphatic rings. The predicted molar refractivity (Wildman–Crippen MR) is 113 cm³/mol. The molecule has 6 nitrogen and oxygen atoms in total. The molecule has 7 heteroatoms. The van der Waals surface area contributed by atoms with E-state index < -0.39 is 12.2 Å². The summed E-state index contributed by atoms with van der Waals surface area (Å²) in [4.78, 5) is 1.95. The molecule has 0 aliphatic carbocycles. The number of rotatable bonds is 3. The average molecular weight is 419 g/mol. The first kappa shape index (κ1) is 22.3. The van der Waals surface area contributed by atoms with Crippen LogP contribution in [0.5, 0.6) is 11.5 Å². The van der Waals surface area contributed by atoms with Crippen molar-refractivity contribution in [1.29, 1.82) is 0 Å². The van der Waals surface area contributed by atoms with E-state index in [4.69, 9.17) is 14.2 Å². The summed E-state index contributed by atoms with van der Waals surface area (Å²) in [5, 5.41) is 20.6. The van der Waals surface area contributed by atoms with Gasteiger partial charge in [0.15, 0.2) is 0 Å². The standard InChI is InChI=1S/C23H30FNO5/c1-28-18-8-9-19(24)17(14-18)15-25-11-10-21(26)22(27)16-29-12-4-5-13-30-23-7-3-2-6-20(23)25/h2-3,6-9,14,21-22,26-27H,4-5,10-13,15-16H2,1H3/t21-,22+/m0/s1. The van der Waals surface area contributed by atoms with Crippen LogP contribution in [0, 0.1) is 5.82 Å². The second-order valence-electron chi connectivity index (χ2n) is 7.40. The lowest BCUT2D eigenvalue weighted by Crippen LogP contribution is -2.35. The number of hydrogen-bond donors (Lipinski definition) is 2. The zero-order valence-electron chi connectivity index (χ0n) is 17.3. The Kier molecular flexibility index (Phi) is 8.30. The lowest BCUT2D eigenvalue weighted by atomic mass is 10.1. The predicted octanol–water partition coefficient (Wildman–Crippen LogP) is 3.14. The Morgan fingerprint density at radius 3 is 2.73 bits per heavy atom. The van der Waals surface area contributed by atoms with Gasteiger partial charge in [0.05, 0.1) is 32.1 Å². The second-order valence-corrected chi connectivity index (χ2v) is 7.40. The van der Waals surface area contributed by atoms with Crippen LogP contribution in [-0.2, 0) is 11.3 Å². The Morgan fingerprint density at radius 2 is 1.90 bits per heavy atom. The van der Waals surface area contributed by atoms with Crippen LogP contribution in [0.25, 0.3) is 0 Å². The first-order chi connectivity index (χ1) is 14.6. The molecule has 1 heterocycles. The number of halogens is 1. The topological polar surface area (TPSA) is 71.4 Å². The SMILES string of the molecule is COc1ccc(F)c(CN2CC[C@H](O)[C@H](O)COCCCCOc3ccccc32)c1. The maximum absolute atomic E-state index is 14.5. The van der Waals surface area contributed by atoms with E-state index in [1.807, 2.05) is 29.2 Å². The van der Waals surface area contributed by atoms with E-state index in [1.165, 1.54) is 6.07 Å². The summed E-state index contributed by atoms with van der Waals surface area (Å²) in [6.45, 7) is 1.80. The van der Waals surface area contributed by atoms with Gasteiger partial charge in [-0.3, -0.25) is 0 Å². The molecule has 2 aromatic rings. The number of benzene rings is 2. The fraction of sp³-hybridized carbons (Fsp3) is 0.478. The molecule has 0 bridgehead atoms. The van der Waals surface area contributed by atoms with Crippen LogP contribution in [0.3, 0.4) is 0 Å². The molecule has 0 fully saturated rings. The molecule has 164 valence electrons. The maximum Gasteiger partial charge on any atom is 0.142 e. The molecule has 0 saturated carbocycles. The molecule has 0 unspecified atom stereocenters. The summed E-state index contributed by atoms with van der Waals surface area (Å²) < 4.78 is 31.2. The number of ether oxygens (including phenoxy) is 3. The normalized spacial score (nSPS) is 21.3. The molecular weight excluding hydrogens is 389 g/mol. The summed E-state index contributed by atoms with van der Waals surface area (Å²) in [6, 6.07) is 12.2. The first-order valence-electron chi connectivity index (χ1n) is 10.3. The van der Waals surface area contributed by atoms with Crippen molar-refractivity contribution in [2.45, 2.75) is 38.0 Å². The molecule has 0 aromatic heterocycles. The number of para-hydroxylation sites is 2. The number of fused-ring (bicyclic) bond motifs is 1. The van der Waals surface area contributed by atoms with E-state index in [9.17, 15) is 14.6 Å². The highest BCUT2D eigenvalue weighted by Crippen LogP contribution is 2.31. The number of anilines is 1. The second kappa shape index (κ2) is 11.2. The van der Waals surface area contributed by atoms with Crippen molar-refractivity contribution < 1.29 is 28.8 Å². The van der Waals surface area contributed by atoms with Crippen molar-refractivity contribution in [2.75, 3.05) is 38.4 Å². The Bertz CT molecular complexity index is 803. The molecular formula is C23H30FNO5. The van der Waals surface area contributed by atoms with Gasteiger partial charge >= 0.3 is 0 Å². The Hall–Kier alpha value is -2.35. The van der Waals surface area contributed by atoms with Crippen LogP contribution in [-0.4, -0.2) is 55.9 Å². The van der Waals surface area contributed by atoms with Gasteiger partial charge in [0.25, 0.3) is 0 Å². The van der Waals surface area contributed by atoms with Gasteiger partial charge in [0.2, 0.25) is 0 Å². The van der Waals surface area contributed by atoms with Crippen LogP contribution in [0.15, 0.2) is 42.5 Å². The highest BCUT2D eigenvalue weighted by molar-refractivity contribution is 5.59. The molecule has 2 atom stereocenters. The molecule has 30 heavy (non-hydrogen) atoms. The third-order valence-electron chi connectivity index (χ3n) is 5.19. The lowest BCUT2D eigenvalue weighted by molar-refractivity contribution is -0.0405. The molecule has 0 radical (unpaired) electrons.